The Morgan fingerprint density at radius 1 is 1.07 bits per heavy atom. The van der Waals surface area contributed by atoms with Gasteiger partial charge in [-0.2, -0.15) is 0 Å². The van der Waals surface area contributed by atoms with Gasteiger partial charge in [0.25, 0.3) is 5.91 Å². The van der Waals surface area contributed by atoms with Crippen molar-refractivity contribution in [2.45, 2.75) is 50.7 Å². The van der Waals surface area contributed by atoms with Crippen molar-refractivity contribution in [2.24, 2.45) is 11.7 Å². The van der Waals surface area contributed by atoms with Crippen molar-refractivity contribution in [3.63, 3.8) is 0 Å². The molecular formula is C22H29ClN2O3. The predicted octanol–water partition coefficient (Wildman–Crippen LogP) is 4.50. The highest BCUT2D eigenvalue weighted by molar-refractivity contribution is 5.95. The summed E-state index contributed by atoms with van der Waals surface area (Å²) in [5.74, 6) is 1.20. The average molecular weight is 405 g/mol. The van der Waals surface area contributed by atoms with E-state index in [0.29, 0.717) is 29.5 Å². The minimum atomic E-state index is -1.24. The molecule has 152 valence electrons. The Balaban J connectivity index is 0.00000280. The van der Waals surface area contributed by atoms with Crippen LogP contribution >= 0.6 is 12.4 Å². The van der Waals surface area contributed by atoms with E-state index < -0.39 is 18.1 Å². The maximum Gasteiger partial charge on any atom is 0.254 e. The molecule has 0 aliphatic heterocycles. The van der Waals surface area contributed by atoms with Gasteiger partial charge in [-0.15, -0.1) is 12.4 Å². The first-order valence-electron chi connectivity index (χ1n) is 9.70. The van der Waals surface area contributed by atoms with Crippen LogP contribution in [0.25, 0.3) is 0 Å². The number of nitrogens with one attached hydrogen (secondary N) is 1. The maximum absolute atomic E-state index is 12.5. The quantitative estimate of drug-likeness (QED) is 0.634. The lowest BCUT2D eigenvalue weighted by molar-refractivity contribution is -0.125. The zero-order chi connectivity index (χ0) is 19.1. The number of aliphatic hydroxyl groups is 1. The lowest BCUT2D eigenvalue weighted by Gasteiger charge is -2.26. The van der Waals surface area contributed by atoms with Crippen molar-refractivity contribution in [1.82, 2.24) is 0 Å². The number of anilines is 1. The molecule has 1 amide bonds. The number of rotatable bonds is 7. The highest BCUT2D eigenvalue weighted by Crippen LogP contribution is 2.30. The van der Waals surface area contributed by atoms with Crippen molar-refractivity contribution >= 4 is 24.0 Å². The van der Waals surface area contributed by atoms with Crippen LogP contribution in [0.1, 0.15) is 38.5 Å². The molecule has 1 aliphatic carbocycles. The molecule has 0 aromatic heterocycles. The number of hydrogen-bond donors (Lipinski definition) is 3. The zero-order valence-electron chi connectivity index (χ0n) is 15.9. The van der Waals surface area contributed by atoms with E-state index in [9.17, 15) is 9.90 Å². The van der Waals surface area contributed by atoms with E-state index in [0.717, 1.165) is 12.8 Å². The SMILES string of the molecule is Cl.N[C@H](CC1CCCCC1)C(O)C(=O)Nc1ccccc1Oc1ccccc1. The molecule has 2 aromatic carbocycles. The number of halogens is 1. The molecule has 1 fully saturated rings. The molecule has 0 bridgehead atoms. The van der Waals surface area contributed by atoms with Crippen LogP contribution in [0, 0.1) is 5.92 Å². The molecule has 2 aromatic rings. The van der Waals surface area contributed by atoms with Crippen LogP contribution in [0.2, 0.25) is 0 Å². The summed E-state index contributed by atoms with van der Waals surface area (Å²) in [6, 6.07) is 15.9. The number of carbonyl (C=O) groups excluding carboxylic acids is 1. The molecule has 4 N–H and O–H groups in total. The Morgan fingerprint density at radius 2 is 1.71 bits per heavy atom. The maximum atomic E-state index is 12.5. The van der Waals surface area contributed by atoms with E-state index in [-0.39, 0.29) is 12.4 Å². The number of nitrogens with two attached hydrogens (primary N) is 1. The van der Waals surface area contributed by atoms with E-state index in [4.69, 9.17) is 10.5 Å². The number of ether oxygens (including phenoxy) is 1. The summed E-state index contributed by atoms with van der Waals surface area (Å²) in [4.78, 5) is 12.5. The van der Waals surface area contributed by atoms with Gasteiger partial charge in [-0.05, 0) is 36.6 Å². The second kappa shape index (κ2) is 11.1. The third-order valence-electron chi connectivity index (χ3n) is 5.12. The van der Waals surface area contributed by atoms with Gasteiger partial charge in [-0.3, -0.25) is 4.79 Å². The molecule has 5 nitrogen and oxygen atoms in total. The number of benzene rings is 2. The first-order chi connectivity index (χ1) is 13.1. The number of para-hydroxylation sites is 3. The number of amides is 1. The predicted molar refractivity (Wildman–Crippen MR) is 114 cm³/mol. The second-order valence-corrected chi connectivity index (χ2v) is 7.25. The van der Waals surface area contributed by atoms with Crippen LogP contribution in [-0.2, 0) is 4.79 Å². The van der Waals surface area contributed by atoms with Gasteiger partial charge in [0.1, 0.15) is 11.9 Å². The fourth-order valence-corrected chi connectivity index (χ4v) is 3.61. The Bertz CT molecular complexity index is 736. The van der Waals surface area contributed by atoms with Gasteiger partial charge in [-0.25, -0.2) is 0 Å². The molecular weight excluding hydrogens is 376 g/mol. The summed E-state index contributed by atoms with van der Waals surface area (Å²) in [6.45, 7) is 0. The molecule has 0 spiro atoms. The van der Waals surface area contributed by atoms with E-state index in [2.05, 4.69) is 5.32 Å². The van der Waals surface area contributed by atoms with Crippen LogP contribution in [-0.4, -0.2) is 23.2 Å². The fourth-order valence-electron chi connectivity index (χ4n) is 3.61. The summed E-state index contributed by atoms with van der Waals surface area (Å²) < 4.78 is 5.84. The van der Waals surface area contributed by atoms with Crippen molar-refractivity contribution < 1.29 is 14.6 Å². The molecule has 2 atom stereocenters. The Hall–Kier alpha value is -2.08. The standard InChI is InChI=1S/C22H28N2O3.ClH/c23-18(15-16-9-3-1-4-10-16)21(25)22(26)24-19-13-7-8-14-20(19)27-17-11-5-2-6-12-17;/h2,5-8,11-14,16,18,21,25H,1,3-4,9-10,15,23H2,(H,24,26);1H/t18-,21?;/m1./s1. The molecule has 0 saturated heterocycles. The van der Waals surface area contributed by atoms with Gasteiger partial charge >= 0.3 is 0 Å². The van der Waals surface area contributed by atoms with Gasteiger partial charge < -0.3 is 20.9 Å². The summed E-state index contributed by atoms with van der Waals surface area (Å²) >= 11 is 0. The molecule has 28 heavy (non-hydrogen) atoms. The largest absolute Gasteiger partial charge is 0.455 e. The van der Waals surface area contributed by atoms with E-state index >= 15 is 0 Å². The van der Waals surface area contributed by atoms with Crippen molar-refractivity contribution in [2.75, 3.05) is 5.32 Å². The molecule has 1 unspecified atom stereocenters. The Labute approximate surface area is 172 Å². The Kier molecular flexibility index (Phi) is 8.77. The van der Waals surface area contributed by atoms with Gasteiger partial charge in [0, 0.05) is 6.04 Å². The van der Waals surface area contributed by atoms with Crippen molar-refractivity contribution in [1.29, 1.82) is 0 Å². The molecule has 6 heteroatoms. The summed E-state index contributed by atoms with van der Waals surface area (Å²) in [6.07, 6.45) is 5.40. The lowest BCUT2D eigenvalue weighted by atomic mass is 9.84. The smallest absolute Gasteiger partial charge is 0.254 e. The number of aliphatic hydroxyl groups excluding tert-OH is 1. The third kappa shape index (κ3) is 6.23. The van der Waals surface area contributed by atoms with Crippen LogP contribution in [0.4, 0.5) is 5.69 Å². The summed E-state index contributed by atoms with van der Waals surface area (Å²) in [5.41, 5.74) is 6.63. The minimum absolute atomic E-state index is 0. The molecule has 0 heterocycles. The fraction of sp³-hybridized carbons (Fsp3) is 0.409. The van der Waals surface area contributed by atoms with Gasteiger partial charge in [0.2, 0.25) is 0 Å². The normalized spacial score (nSPS) is 16.5. The van der Waals surface area contributed by atoms with E-state index in [1.807, 2.05) is 42.5 Å². The highest BCUT2D eigenvalue weighted by atomic mass is 35.5. The molecule has 1 aliphatic rings. The number of carbonyl (C=O) groups is 1. The van der Waals surface area contributed by atoms with Crippen LogP contribution in [0.15, 0.2) is 54.6 Å². The first-order valence-corrected chi connectivity index (χ1v) is 9.70. The topological polar surface area (TPSA) is 84.6 Å². The molecule has 1 saturated carbocycles. The van der Waals surface area contributed by atoms with Gasteiger partial charge in [0.05, 0.1) is 5.69 Å². The first kappa shape index (κ1) is 22.2. The summed E-state index contributed by atoms with van der Waals surface area (Å²) in [5, 5.41) is 13.1. The van der Waals surface area contributed by atoms with Crippen LogP contribution in [0.5, 0.6) is 11.5 Å². The molecule has 3 rings (SSSR count). The van der Waals surface area contributed by atoms with Crippen molar-refractivity contribution in [3.05, 3.63) is 54.6 Å². The average Bonchev–Trinajstić information content (AvgIpc) is 2.70. The third-order valence-corrected chi connectivity index (χ3v) is 5.12. The lowest BCUT2D eigenvalue weighted by Crippen LogP contribution is -2.44. The van der Waals surface area contributed by atoms with Gasteiger partial charge in [-0.1, -0.05) is 62.4 Å². The van der Waals surface area contributed by atoms with Gasteiger partial charge in [0.15, 0.2) is 5.75 Å². The molecule has 0 radical (unpaired) electrons. The summed E-state index contributed by atoms with van der Waals surface area (Å²) in [7, 11) is 0. The number of hydrogen-bond acceptors (Lipinski definition) is 4. The Morgan fingerprint density at radius 3 is 2.43 bits per heavy atom. The van der Waals surface area contributed by atoms with Crippen LogP contribution in [0.3, 0.4) is 0 Å². The van der Waals surface area contributed by atoms with E-state index in [1.165, 1.54) is 19.3 Å². The van der Waals surface area contributed by atoms with Crippen LogP contribution < -0.4 is 15.8 Å². The van der Waals surface area contributed by atoms with Crippen molar-refractivity contribution in [3.8, 4) is 11.5 Å². The minimum Gasteiger partial charge on any atom is -0.455 e. The monoisotopic (exact) mass is 404 g/mol. The van der Waals surface area contributed by atoms with E-state index in [1.54, 1.807) is 12.1 Å². The second-order valence-electron chi connectivity index (χ2n) is 7.25. The zero-order valence-corrected chi connectivity index (χ0v) is 16.7. The highest BCUT2D eigenvalue weighted by Gasteiger charge is 2.27.